The van der Waals surface area contributed by atoms with Crippen LogP contribution in [0.1, 0.15) is 21.7 Å². The monoisotopic (exact) mass is 479 g/mol. The van der Waals surface area contributed by atoms with Crippen LogP contribution in [0.5, 0.6) is 11.5 Å². The minimum absolute atomic E-state index is 0.122. The summed E-state index contributed by atoms with van der Waals surface area (Å²) >= 11 is 1.35. The number of esters is 1. The average Bonchev–Trinajstić information content (AvgIpc) is 3.23. The normalized spacial score (nSPS) is 10.6. The number of ether oxygens (including phenoxy) is 3. The molecule has 2 heterocycles. The number of thiazole rings is 1. The summed E-state index contributed by atoms with van der Waals surface area (Å²) in [5.74, 6) is 0.326. The molecule has 0 aliphatic carbocycles. The molecule has 174 valence electrons. The second-order valence-corrected chi connectivity index (χ2v) is 8.08. The van der Waals surface area contributed by atoms with Gasteiger partial charge in [0.1, 0.15) is 18.1 Å². The van der Waals surface area contributed by atoms with Crippen LogP contribution in [0.3, 0.4) is 0 Å². The zero-order chi connectivity index (χ0) is 24.1. The van der Waals surface area contributed by atoms with E-state index in [4.69, 9.17) is 14.2 Å². The van der Waals surface area contributed by atoms with Crippen LogP contribution in [0.2, 0.25) is 0 Å². The molecule has 9 nitrogen and oxygen atoms in total. The predicted octanol–water partition coefficient (Wildman–Crippen LogP) is 3.45. The van der Waals surface area contributed by atoms with Crippen LogP contribution in [0.4, 0.5) is 5.69 Å². The van der Waals surface area contributed by atoms with Gasteiger partial charge < -0.3 is 19.5 Å². The van der Waals surface area contributed by atoms with Gasteiger partial charge in [-0.3, -0.25) is 14.0 Å². The van der Waals surface area contributed by atoms with Gasteiger partial charge in [0.2, 0.25) is 0 Å². The Balaban J connectivity index is 1.29. The first-order valence-electron chi connectivity index (χ1n) is 10.2. The van der Waals surface area contributed by atoms with Crippen molar-refractivity contribution in [1.82, 2.24) is 9.38 Å². The van der Waals surface area contributed by atoms with E-state index < -0.39 is 5.97 Å². The maximum Gasteiger partial charge on any atom is 0.338 e. The standard InChI is InChI=1S/C24H21N3O6S/c1-15-14-34-24-26-18(11-22(29)27(15)24)12-33-23(30)16-3-5-17(6-4-16)25-21(28)13-32-20-9-7-19(31-2)8-10-20/h3-11,14H,12-13H2,1-2H3,(H,25,28). The number of carbonyl (C=O) groups is 2. The summed E-state index contributed by atoms with van der Waals surface area (Å²) in [7, 11) is 1.57. The Morgan fingerprint density at radius 3 is 2.47 bits per heavy atom. The Hall–Kier alpha value is -4.18. The molecule has 0 fully saturated rings. The summed E-state index contributed by atoms with van der Waals surface area (Å²) < 4.78 is 17.3. The highest BCUT2D eigenvalue weighted by Crippen LogP contribution is 2.17. The molecule has 2 aromatic carbocycles. The molecule has 10 heteroatoms. The van der Waals surface area contributed by atoms with Crippen molar-refractivity contribution in [3.05, 3.63) is 87.3 Å². The van der Waals surface area contributed by atoms with E-state index in [1.54, 1.807) is 43.5 Å². The van der Waals surface area contributed by atoms with Gasteiger partial charge in [-0.05, 0) is 55.5 Å². The molecule has 4 aromatic rings. The molecule has 0 radical (unpaired) electrons. The largest absolute Gasteiger partial charge is 0.497 e. The van der Waals surface area contributed by atoms with Crippen LogP contribution in [0.15, 0.2) is 64.8 Å². The molecule has 4 rings (SSSR count). The first kappa shape index (κ1) is 23.0. The van der Waals surface area contributed by atoms with E-state index in [1.807, 2.05) is 12.3 Å². The molecule has 0 saturated carbocycles. The van der Waals surface area contributed by atoms with E-state index in [2.05, 4.69) is 10.3 Å². The van der Waals surface area contributed by atoms with Gasteiger partial charge in [-0.25, -0.2) is 9.78 Å². The van der Waals surface area contributed by atoms with E-state index in [0.717, 1.165) is 5.69 Å². The third-order valence-electron chi connectivity index (χ3n) is 4.81. The van der Waals surface area contributed by atoms with Crippen LogP contribution < -0.4 is 20.3 Å². The van der Waals surface area contributed by atoms with Crippen molar-refractivity contribution in [2.24, 2.45) is 0 Å². The fourth-order valence-corrected chi connectivity index (χ4v) is 4.00. The van der Waals surface area contributed by atoms with E-state index in [9.17, 15) is 14.4 Å². The second kappa shape index (κ2) is 10.2. The lowest BCUT2D eigenvalue weighted by Gasteiger charge is -2.09. The van der Waals surface area contributed by atoms with Crippen molar-refractivity contribution >= 4 is 33.9 Å². The lowest BCUT2D eigenvalue weighted by Crippen LogP contribution is -2.20. The molecule has 0 unspecified atom stereocenters. The number of hydrogen-bond donors (Lipinski definition) is 1. The number of carbonyl (C=O) groups excluding carboxylic acids is 2. The van der Waals surface area contributed by atoms with E-state index in [0.29, 0.717) is 33.4 Å². The minimum atomic E-state index is -0.565. The van der Waals surface area contributed by atoms with Crippen molar-refractivity contribution in [2.75, 3.05) is 19.0 Å². The lowest BCUT2D eigenvalue weighted by atomic mass is 10.2. The number of anilines is 1. The van der Waals surface area contributed by atoms with Crippen molar-refractivity contribution in [3.63, 3.8) is 0 Å². The molecule has 2 aromatic heterocycles. The summed E-state index contributed by atoms with van der Waals surface area (Å²) in [5, 5.41) is 4.54. The number of nitrogens with one attached hydrogen (secondary N) is 1. The molecule has 1 amide bonds. The van der Waals surface area contributed by atoms with Gasteiger partial charge in [0.05, 0.1) is 18.4 Å². The second-order valence-electron chi connectivity index (χ2n) is 7.25. The summed E-state index contributed by atoms with van der Waals surface area (Å²) in [5.41, 5.74) is 1.78. The molecular weight excluding hydrogens is 458 g/mol. The molecule has 1 N–H and O–H groups in total. The van der Waals surface area contributed by atoms with Crippen LogP contribution >= 0.6 is 11.3 Å². The predicted molar refractivity (Wildman–Crippen MR) is 127 cm³/mol. The summed E-state index contributed by atoms with van der Waals surface area (Å²) in [4.78, 5) is 41.6. The fraction of sp³-hybridized carbons (Fsp3) is 0.167. The Morgan fingerprint density at radius 1 is 1.06 bits per heavy atom. The Morgan fingerprint density at radius 2 is 1.76 bits per heavy atom. The van der Waals surface area contributed by atoms with Crippen molar-refractivity contribution in [1.29, 1.82) is 0 Å². The van der Waals surface area contributed by atoms with Crippen LogP contribution in [-0.4, -0.2) is 35.0 Å². The molecule has 0 atom stereocenters. The number of methoxy groups -OCH3 is 1. The van der Waals surface area contributed by atoms with Gasteiger partial charge in [0, 0.05) is 22.8 Å². The zero-order valence-electron chi connectivity index (χ0n) is 18.4. The van der Waals surface area contributed by atoms with Gasteiger partial charge in [-0.15, -0.1) is 11.3 Å². The van der Waals surface area contributed by atoms with E-state index in [-0.39, 0.29) is 24.7 Å². The molecule has 0 aliphatic rings. The number of fused-ring (bicyclic) bond motifs is 1. The first-order valence-corrected chi connectivity index (χ1v) is 11.1. The highest BCUT2D eigenvalue weighted by Gasteiger charge is 2.11. The zero-order valence-corrected chi connectivity index (χ0v) is 19.3. The van der Waals surface area contributed by atoms with E-state index >= 15 is 0 Å². The van der Waals surface area contributed by atoms with Crippen LogP contribution in [0.25, 0.3) is 4.96 Å². The third-order valence-corrected chi connectivity index (χ3v) is 5.76. The molecule has 0 spiro atoms. The number of amides is 1. The molecule has 34 heavy (non-hydrogen) atoms. The molecule has 0 saturated heterocycles. The van der Waals surface area contributed by atoms with E-state index in [1.165, 1.54) is 33.9 Å². The molecule has 0 bridgehead atoms. The number of aromatic nitrogens is 2. The fourth-order valence-electron chi connectivity index (χ4n) is 3.11. The molecular formula is C24H21N3O6S. The molecule has 0 aliphatic heterocycles. The average molecular weight is 480 g/mol. The highest BCUT2D eigenvalue weighted by atomic mass is 32.1. The number of hydrogen-bond acceptors (Lipinski definition) is 8. The summed E-state index contributed by atoms with van der Waals surface area (Å²) in [6.07, 6.45) is 0. The smallest absolute Gasteiger partial charge is 0.338 e. The van der Waals surface area contributed by atoms with Gasteiger partial charge in [-0.2, -0.15) is 0 Å². The quantitative estimate of drug-likeness (QED) is 0.386. The Kier molecular flexibility index (Phi) is 6.88. The van der Waals surface area contributed by atoms with Gasteiger partial charge in [0.15, 0.2) is 11.6 Å². The summed E-state index contributed by atoms with van der Waals surface area (Å²) in [6.45, 7) is 1.53. The minimum Gasteiger partial charge on any atom is -0.497 e. The topological polar surface area (TPSA) is 108 Å². The van der Waals surface area contributed by atoms with Gasteiger partial charge >= 0.3 is 5.97 Å². The van der Waals surface area contributed by atoms with Gasteiger partial charge in [0.25, 0.3) is 11.5 Å². The van der Waals surface area contributed by atoms with Crippen molar-refractivity contribution < 1.29 is 23.8 Å². The maximum absolute atomic E-state index is 12.4. The number of nitrogens with zero attached hydrogens (tertiary/aromatic N) is 2. The first-order chi connectivity index (χ1) is 16.4. The van der Waals surface area contributed by atoms with Crippen LogP contribution in [-0.2, 0) is 16.1 Å². The third kappa shape index (κ3) is 5.41. The van der Waals surface area contributed by atoms with Crippen molar-refractivity contribution in [3.8, 4) is 11.5 Å². The Bertz CT molecular complexity index is 1380. The van der Waals surface area contributed by atoms with Gasteiger partial charge in [-0.1, -0.05) is 0 Å². The number of rotatable bonds is 8. The Labute approximate surface area is 198 Å². The lowest BCUT2D eigenvalue weighted by molar-refractivity contribution is -0.118. The summed E-state index contributed by atoms with van der Waals surface area (Å²) in [6, 6.07) is 14.5. The SMILES string of the molecule is COc1ccc(OCC(=O)Nc2ccc(C(=O)OCc3cc(=O)n4c(C)csc4n3)cc2)cc1. The van der Waals surface area contributed by atoms with Crippen LogP contribution in [0, 0.1) is 6.92 Å². The number of benzene rings is 2. The highest BCUT2D eigenvalue weighted by molar-refractivity contribution is 7.15. The number of aryl methyl sites for hydroxylation is 1. The van der Waals surface area contributed by atoms with Crippen molar-refractivity contribution in [2.45, 2.75) is 13.5 Å². The maximum atomic E-state index is 12.4.